The van der Waals surface area contributed by atoms with Crippen LogP contribution in [0.4, 0.5) is 5.69 Å². The second-order valence-corrected chi connectivity index (χ2v) is 5.00. The van der Waals surface area contributed by atoms with E-state index in [1.807, 2.05) is 13.1 Å². The minimum Gasteiger partial charge on any atom is -0.373 e. The fraction of sp³-hybridized carbons (Fsp3) is 0.538. The average molecular weight is 241 g/mol. The number of benzene rings is 1. The third kappa shape index (κ3) is 3.69. The molecule has 1 aromatic carbocycles. The van der Waals surface area contributed by atoms with E-state index in [-0.39, 0.29) is 0 Å². The van der Waals surface area contributed by atoms with Crippen molar-refractivity contribution in [2.24, 2.45) is 5.92 Å². The summed E-state index contributed by atoms with van der Waals surface area (Å²) < 4.78 is 0. The molecule has 0 aliphatic carbocycles. The summed E-state index contributed by atoms with van der Waals surface area (Å²) in [6.07, 6.45) is 0. The topological polar surface area (TPSA) is 15.3 Å². The fourth-order valence-electron chi connectivity index (χ4n) is 1.82. The molecule has 0 amide bonds. The van der Waals surface area contributed by atoms with Crippen LogP contribution in [-0.4, -0.2) is 20.6 Å². The molecule has 0 aromatic heterocycles. The molecule has 16 heavy (non-hydrogen) atoms. The Morgan fingerprint density at radius 1 is 1.38 bits per heavy atom. The molecule has 0 aliphatic heterocycles. The molecule has 2 nitrogen and oxygen atoms in total. The lowest BCUT2D eigenvalue weighted by Crippen LogP contribution is -2.22. The van der Waals surface area contributed by atoms with Crippen LogP contribution in [-0.2, 0) is 6.54 Å². The molecule has 0 heterocycles. The second-order valence-electron chi connectivity index (χ2n) is 4.59. The summed E-state index contributed by atoms with van der Waals surface area (Å²) >= 11 is 6.27. The molecule has 1 aromatic rings. The zero-order valence-corrected chi connectivity index (χ0v) is 11.3. The van der Waals surface area contributed by atoms with Gasteiger partial charge in [0.25, 0.3) is 0 Å². The zero-order chi connectivity index (χ0) is 12.1. The smallest absolute Gasteiger partial charge is 0.0642 e. The van der Waals surface area contributed by atoms with Crippen LogP contribution in [0.15, 0.2) is 18.2 Å². The van der Waals surface area contributed by atoms with Crippen molar-refractivity contribution in [3.05, 3.63) is 28.8 Å². The van der Waals surface area contributed by atoms with Crippen LogP contribution in [0.2, 0.25) is 5.02 Å². The number of hydrogen-bond donors (Lipinski definition) is 1. The van der Waals surface area contributed by atoms with Crippen molar-refractivity contribution in [1.82, 2.24) is 5.32 Å². The quantitative estimate of drug-likeness (QED) is 0.851. The zero-order valence-electron chi connectivity index (χ0n) is 10.5. The normalized spacial score (nSPS) is 10.9. The summed E-state index contributed by atoms with van der Waals surface area (Å²) in [5, 5.41) is 3.95. The molecule has 1 rings (SSSR count). The van der Waals surface area contributed by atoms with Crippen molar-refractivity contribution in [1.29, 1.82) is 0 Å². The van der Waals surface area contributed by atoms with Gasteiger partial charge in [0, 0.05) is 20.1 Å². The van der Waals surface area contributed by atoms with Crippen LogP contribution in [0.5, 0.6) is 0 Å². The summed E-state index contributed by atoms with van der Waals surface area (Å²) in [6.45, 7) is 6.29. The molecule has 0 fully saturated rings. The van der Waals surface area contributed by atoms with Crippen LogP contribution in [0.3, 0.4) is 0 Å². The first-order valence-electron chi connectivity index (χ1n) is 5.68. The van der Waals surface area contributed by atoms with Gasteiger partial charge in [0.1, 0.15) is 0 Å². The van der Waals surface area contributed by atoms with Crippen LogP contribution in [0, 0.1) is 5.92 Å². The Kier molecular flexibility index (Phi) is 5.10. The fourth-order valence-corrected chi connectivity index (χ4v) is 2.17. The third-order valence-corrected chi connectivity index (χ3v) is 2.75. The summed E-state index contributed by atoms with van der Waals surface area (Å²) in [7, 11) is 4.02. The van der Waals surface area contributed by atoms with Gasteiger partial charge >= 0.3 is 0 Å². The molecular formula is C13H21ClN2. The highest BCUT2D eigenvalue weighted by molar-refractivity contribution is 6.33. The van der Waals surface area contributed by atoms with Gasteiger partial charge in [-0.2, -0.15) is 0 Å². The molecule has 0 aliphatic rings. The molecule has 0 atom stereocenters. The minimum atomic E-state index is 0.637. The van der Waals surface area contributed by atoms with Crippen LogP contribution < -0.4 is 10.2 Å². The van der Waals surface area contributed by atoms with E-state index in [1.165, 1.54) is 5.56 Å². The first kappa shape index (κ1) is 13.3. The van der Waals surface area contributed by atoms with Gasteiger partial charge in [-0.15, -0.1) is 0 Å². The SMILES string of the molecule is CNCc1ccc(N(C)CC(C)C)c(Cl)c1. The third-order valence-electron chi connectivity index (χ3n) is 2.44. The molecule has 0 spiro atoms. The maximum absolute atomic E-state index is 6.27. The van der Waals surface area contributed by atoms with Gasteiger partial charge in [-0.05, 0) is 30.7 Å². The van der Waals surface area contributed by atoms with E-state index in [9.17, 15) is 0 Å². The lowest BCUT2D eigenvalue weighted by Gasteiger charge is -2.23. The van der Waals surface area contributed by atoms with Gasteiger partial charge in [-0.3, -0.25) is 0 Å². The van der Waals surface area contributed by atoms with E-state index in [0.29, 0.717) is 5.92 Å². The first-order valence-corrected chi connectivity index (χ1v) is 6.06. The van der Waals surface area contributed by atoms with Crippen molar-refractivity contribution in [3.8, 4) is 0 Å². The van der Waals surface area contributed by atoms with Gasteiger partial charge in [-0.25, -0.2) is 0 Å². The van der Waals surface area contributed by atoms with Crippen molar-refractivity contribution < 1.29 is 0 Å². The van der Waals surface area contributed by atoms with E-state index in [4.69, 9.17) is 11.6 Å². The monoisotopic (exact) mass is 240 g/mol. The number of halogens is 1. The highest BCUT2D eigenvalue weighted by Gasteiger charge is 2.08. The van der Waals surface area contributed by atoms with E-state index >= 15 is 0 Å². The largest absolute Gasteiger partial charge is 0.373 e. The van der Waals surface area contributed by atoms with Gasteiger partial charge < -0.3 is 10.2 Å². The lowest BCUT2D eigenvalue weighted by molar-refractivity contribution is 0.638. The number of hydrogen-bond acceptors (Lipinski definition) is 2. The predicted molar refractivity (Wildman–Crippen MR) is 72.3 cm³/mol. The average Bonchev–Trinajstić information content (AvgIpc) is 2.16. The van der Waals surface area contributed by atoms with Gasteiger partial charge in [0.05, 0.1) is 10.7 Å². The molecule has 0 bridgehead atoms. The van der Waals surface area contributed by atoms with Gasteiger partial charge in [-0.1, -0.05) is 31.5 Å². The Morgan fingerprint density at radius 3 is 2.56 bits per heavy atom. The Hall–Kier alpha value is -0.730. The Bertz CT molecular complexity index is 337. The number of rotatable bonds is 5. The van der Waals surface area contributed by atoms with E-state index < -0.39 is 0 Å². The van der Waals surface area contributed by atoms with E-state index in [1.54, 1.807) is 0 Å². The van der Waals surface area contributed by atoms with Crippen molar-refractivity contribution >= 4 is 17.3 Å². The lowest BCUT2D eigenvalue weighted by atomic mass is 10.1. The Labute approximate surface area is 104 Å². The van der Waals surface area contributed by atoms with Crippen molar-refractivity contribution in [3.63, 3.8) is 0 Å². The van der Waals surface area contributed by atoms with Crippen molar-refractivity contribution in [2.75, 3.05) is 25.5 Å². The minimum absolute atomic E-state index is 0.637. The second kappa shape index (κ2) is 6.12. The molecular weight excluding hydrogens is 220 g/mol. The summed E-state index contributed by atoms with van der Waals surface area (Å²) in [5.74, 6) is 0.637. The maximum Gasteiger partial charge on any atom is 0.0642 e. The number of anilines is 1. The molecule has 0 saturated carbocycles. The standard InChI is InChI=1S/C13H21ClN2/c1-10(2)9-16(4)13-6-5-11(8-15-3)7-12(13)14/h5-7,10,15H,8-9H2,1-4H3. The van der Waals surface area contributed by atoms with Crippen LogP contribution >= 0.6 is 11.6 Å². The van der Waals surface area contributed by atoms with Crippen LogP contribution in [0.25, 0.3) is 0 Å². The van der Waals surface area contributed by atoms with Crippen molar-refractivity contribution in [2.45, 2.75) is 20.4 Å². The number of nitrogens with zero attached hydrogens (tertiary/aromatic N) is 1. The summed E-state index contributed by atoms with van der Waals surface area (Å²) in [5.41, 5.74) is 2.32. The molecule has 90 valence electrons. The highest BCUT2D eigenvalue weighted by atomic mass is 35.5. The molecule has 0 unspecified atom stereocenters. The maximum atomic E-state index is 6.27. The molecule has 3 heteroatoms. The predicted octanol–water partition coefficient (Wildman–Crippen LogP) is 3.15. The van der Waals surface area contributed by atoms with E-state index in [2.05, 4.69) is 43.2 Å². The first-order chi connectivity index (χ1) is 7.54. The Morgan fingerprint density at radius 2 is 2.06 bits per heavy atom. The molecule has 1 N–H and O–H groups in total. The summed E-state index contributed by atoms with van der Waals surface area (Å²) in [6, 6.07) is 6.25. The Balaban J connectivity index is 2.81. The molecule has 0 radical (unpaired) electrons. The van der Waals surface area contributed by atoms with Crippen LogP contribution in [0.1, 0.15) is 19.4 Å². The van der Waals surface area contributed by atoms with E-state index in [0.717, 1.165) is 23.8 Å². The summed E-state index contributed by atoms with van der Waals surface area (Å²) in [4.78, 5) is 2.20. The van der Waals surface area contributed by atoms with Gasteiger partial charge in [0.2, 0.25) is 0 Å². The highest BCUT2D eigenvalue weighted by Crippen LogP contribution is 2.26. The molecule has 0 saturated heterocycles. The van der Waals surface area contributed by atoms with Gasteiger partial charge in [0.15, 0.2) is 0 Å². The number of nitrogens with one attached hydrogen (secondary N) is 1.